The maximum atomic E-state index is 11.6. The van der Waals surface area contributed by atoms with Gasteiger partial charge in [-0.2, -0.15) is 0 Å². The standard InChI is InChI=1S/C18H18O3S/c1-3-21-18(20)17-10-8-16(9-11-17)15-6-4-14(5-7-15)12-22-13(2)19/h4-11H,3,12H2,1-2H3. The predicted molar refractivity (Wildman–Crippen MR) is 89.8 cm³/mol. The Kier molecular flexibility index (Phi) is 5.78. The van der Waals surface area contributed by atoms with E-state index in [-0.39, 0.29) is 11.1 Å². The Morgan fingerprint density at radius 3 is 2.00 bits per heavy atom. The molecule has 0 aliphatic heterocycles. The highest BCUT2D eigenvalue weighted by Crippen LogP contribution is 2.22. The fourth-order valence-electron chi connectivity index (χ4n) is 1.99. The molecule has 0 fully saturated rings. The quantitative estimate of drug-likeness (QED) is 0.771. The molecule has 114 valence electrons. The van der Waals surface area contributed by atoms with Gasteiger partial charge in [-0.1, -0.05) is 48.2 Å². The Balaban J connectivity index is 2.08. The largest absolute Gasteiger partial charge is 0.462 e. The van der Waals surface area contributed by atoms with E-state index >= 15 is 0 Å². The van der Waals surface area contributed by atoms with E-state index in [1.54, 1.807) is 26.0 Å². The number of esters is 1. The van der Waals surface area contributed by atoms with Crippen molar-refractivity contribution < 1.29 is 14.3 Å². The molecule has 2 aromatic carbocycles. The molecule has 2 rings (SSSR count). The lowest BCUT2D eigenvalue weighted by Gasteiger charge is -2.06. The van der Waals surface area contributed by atoms with E-state index in [0.717, 1.165) is 16.7 Å². The van der Waals surface area contributed by atoms with Gasteiger partial charge >= 0.3 is 5.97 Å². The molecule has 0 radical (unpaired) electrons. The summed E-state index contributed by atoms with van der Waals surface area (Å²) in [5.74, 6) is 0.392. The van der Waals surface area contributed by atoms with Crippen LogP contribution in [0.1, 0.15) is 29.8 Å². The first-order valence-corrected chi connectivity index (χ1v) is 8.08. The third kappa shape index (κ3) is 4.46. The maximum absolute atomic E-state index is 11.6. The molecule has 2 aromatic rings. The van der Waals surface area contributed by atoms with Crippen LogP contribution in [0.4, 0.5) is 0 Å². The molecule has 0 saturated heterocycles. The number of carbonyl (C=O) groups excluding carboxylic acids is 2. The second kappa shape index (κ2) is 7.80. The minimum Gasteiger partial charge on any atom is -0.462 e. The van der Waals surface area contributed by atoms with E-state index in [9.17, 15) is 9.59 Å². The van der Waals surface area contributed by atoms with Crippen molar-refractivity contribution in [2.24, 2.45) is 0 Å². The predicted octanol–water partition coefficient (Wildman–Crippen LogP) is 4.31. The lowest BCUT2D eigenvalue weighted by Crippen LogP contribution is -2.03. The van der Waals surface area contributed by atoms with Crippen LogP contribution >= 0.6 is 11.8 Å². The molecule has 0 aromatic heterocycles. The fraction of sp³-hybridized carbons (Fsp3) is 0.222. The van der Waals surface area contributed by atoms with Gasteiger partial charge in [0.1, 0.15) is 0 Å². The highest BCUT2D eigenvalue weighted by molar-refractivity contribution is 8.12. The molecule has 0 amide bonds. The first kappa shape index (κ1) is 16.3. The van der Waals surface area contributed by atoms with Gasteiger partial charge in [-0.05, 0) is 35.7 Å². The molecule has 0 heterocycles. The number of hydrogen-bond donors (Lipinski definition) is 0. The summed E-state index contributed by atoms with van der Waals surface area (Å²) < 4.78 is 4.97. The Labute approximate surface area is 134 Å². The Morgan fingerprint density at radius 2 is 1.50 bits per heavy atom. The topological polar surface area (TPSA) is 43.4 Å². The normalized spacial score (nSPS) is 10.3. The smallest absolute Gasteiger partial charge is 0.338 e. The highest BCUT2D eigenvalue weighted by atomic mass is 32.2. The van der Waals surface area contributed by atoms with Crippen LogP contribution < -0.4 is 0 Å². The highest BCUT2D eigenvalue weighted by Gasteiger charge is 2.06. The van der Waals surface area contributed by atoms with Crippen LogP contribution in [0.15, 0.2) is 48.5 Å². The molecule has 0 bridgehead atoms. The fourth-order valence-corrected chi connectivity index (χ4v) is 2.55. The zero-order chi connectivity index (χ0) is 15.9. The van der Waals surface area contributed by atoms with Gasteiger partial charge in [-0.25, -0.2) is 4.79 Å². The molecule has 0 atom stereocenters. The lowest BCUT2D eigenvalue weighted by molar-refractivity contribution is -0.109. The van der Waals surface area contributed by atoms with E-state index in [4.69, 9.17) is 4.74 Å². The molecule has 3 nitrogen and oxygen atoms in total. The van der Waals surface area contributed by atoms with Crippen molar-refractivity contribution in [1.82, 2.24) is 0 Å². The van der Waals surface area contributed by atoms with Gasteiger partial charge < -0.3 is 4.74 Å². The monoisotopic (exact) mass is 314 g/mol. The van der Waals surface area contributed by atoms with Gasteiger partial charge in [0.25, 0.3) is 0 Å². The summed E-state index contributed by atoms with van der Waals surface area (Å²) in [4.78, 5) is 22.6. The molecular formula is C18H18O3S. The molecule has 0 saturated carbocycles. The molecule has 0 spiro atoms. The Morgan fingerprint density at radius 1 is 0.955 bits per heavy atom. The average molecular weight is 314 g/mol. The Bertz CT molecular complexity index is 645. The summed E-state index contributed by atoms with van der Waals surface area (Å²) >= 11 is 1.31. The first-order valence-electron chi connectivity index (χ1n) is 7.10. The lowest BCUT2D eigenvalue weighted by atomic mass is 10.0. The van der Waals surface area contributed by atoms with Crippen molar-refractivity contribution in [2.75, 3.05) is 6.61 Å². The number of carbonyl (C=O) groups is 2. The summed E-state index contributed by atoms with van der Waals surface area (Å²) in [5, 5.41) is 0.124. The summed E-state index contributed by atoms with van der Waals surface area (Å²) in [6.07, 6.45) is 0. The van der Waals surface area contributed by atoms with Gasteiger partial charge in [0.15, 0.2) is 5.12 Å². The van der Waals surface area contributed by atoms with E-state index in [2.05, 4.69) is 0 Å². The van der Waals surface area contributed by atoms with Crippen LogP contribution in [-0.4, -0.2) is 17.7 Å². The summed E-state index contributed by atoms with van der Waals surface area (Å²) in [6, 6.07) is 15.4. The van der Waals surface area contributed by atoms with E-state index in [0.29, 0.717) is 17.9 Å². The van der Waals surface area contributed by atoms with E-state index in [1.165, 1.54) is 11.8 Å². The number of thioether (sulfide) groups is 1. The molecule has 4 heteroatoms. The third-order valence-electron chi connectivity index (χ3n) is 3.13. The molecule has 0 unspecified atom stereocenters. The molecule has 22 heavy (non-hydrogen) atoms. The van der Waals surface area contributed by atoms with Crippen LogP contribution in [0.5, 0.6) is 0 Å². The second-order valence-electron chi connectivity index (χ2n) is 4.78. The zero-order valence-electron chi connectivity index (χ0n) is 12.7. The summed E-state index contributed by atoms with van der Waals surface area (Å²) in [5.41, 5.74) is 3.79. The van der Waals surface area contributed by atoms with Crippen LogP contribution in [0.2, 0.25) is 0 Å². The van der Waals surface area contributed by atoms with Crippen LogP contribution in [-0.2, 0) is 15.3 Å². The Hall–Kier alpha value is -2.07. The zero-order valence-corrected chi connectivity index (χ0v) is 13.5. The number of hydrogen-bond acceptors (Lipinski definition) is 4. The summed E-state index contributed by atoms with van der Waals surface area (Å²) in [7, 11) is 0. The van der Waals surface area contributed by atoms with Crippen molar-refractivity contribution in [1.29, 1.82) is 0 Å². The first-order chi connectivity index (χ1) is 10.6. The van der Waals surface area contributed by atoms with Crippen molar-refractivity contribution in [3.8, 4) is 11.1 Å². The third-order valence-corrected chi connectivity index (χ3v) is 4.01. The van der Waals surface area contributed by atoms with Crippen molar-refractivity contribution in [2.45, 2.75) is 19.6 Å². The average Bonchev–Trinajstić information content (AvgIpc) is 2.54. The number of rotatable bonds is 5. The molecular weight excluding hydrogens is 296 g/mol. The van der Waals surface area contributed by atoms with Crippen LogP contribution in [0.3, 0.4) is 0 Å². The van der Waals surface area contributed by atoms with Gasteiger partial charge in [0, 0.05) is 12.7 Å². The van der Waals surface area contributed by atoms with E-state index in [1.807, 2.05) is 36.4 Å². The molecule has 0 N–H and O–H groups in total. The second-order valence-corrected chi connectivity index (χ2v) is 5.93. The molecule has 0 aliphatic rings. The van der Waals surface area contributed by atoms with Gasteiger partial charge in [0.05, 0.1) is 12.2 Å². The van der Waals surface area contributed by atoms with Crippen molar-refractivity contribution >= 4 is 22.8 Å². The number of benzene rings is 2. The SMILES string of the molecule is CCOC(=O)c1ccc(-c2ccc(CSC(C)=O)cc2)cc1. The van der Waals surface area contributed by atoms with Crippen molar-refractivity contribution in [3.63, 3.8) is 0 Å². The van der Waals surface area contributed by atoms with Crippen LogP contribution in [0, 0.1) is 0 Å². The van der Waals surface area contributed by atoms with E-state index < -0.39 is 0 Å². The minimum atomic E-state index is -0.300. The summed E-state index contributed by atoms with van der Waals surface area (Å²) in [6.45, 7) is 3.74. The van der Waals surface area contributed by atoms with Crippen LogP contribution in [0.25, 0.3) is 11.1 Å². The maximum Gasteiger partial charge on any atom is 0.338 e. The minimum absolute atomic E-state index is 0.124. The number of ether oxygens (including phenoxy) is 1. The van der Waals surface area contributed by atoms with Crippen molar-refractivity contribution in [3.05, 3.63) is 59.7 Å². The van der Waals surface area contributed by atoms with Gasteiger partial charge in [-0.3, -0.25) is 4.79 Å². The molecule has 0 aliphatic carbocycles. The van der Waals surface area contributed by atoms with Gasteiger partial charge in [0.2, 0.25) is 0 Å². The van der Waals surface area contributed by atoms with Gasteiger partial charge in [-0.15, -0.1) is 0 Å².